The highest BCUT2D eigenvalue weighted by Crippen LogP contribution is 2.25. The molecular formula is C23H30N2O4. The summed E-state index contributed by atoms with van der Waals surface area (Å²) < 4.78 is 11.4. The summed E-state index contributed by atoms with van der Waals surface area (Å²) in [4.78, 5) is 18.2. The van der Waals surface area contributed by atoms with Gasteiger partial charge in [0.1, 0.15) is 18.0 Å². The molecule has 1 N–H and O–H groups in total. The summed E-state index contributed by atoms with van der Waals surface area (Å²) in [7, 11) is 0. The first-order chi connectivity index (χ1) is 13.9. The molecule has 0 bridgehead atoms. The molecule has 2 aromatic rings. The van der Waals surface area contributed by atoms with E-state index in [1.54, 1.807) is 11.1 Å². The number of carbonyl (C=O) groups excluding carboxylic acids is 1. The number of pyridine rings is 1. The van der Waals surface area contributed by atoms with Crippen LogP contribution in [-0.4, -0.2) is 52.5 Å². The number of rotatable bonds is 7. The second kappa shape index (κ2) is 9.27. The Hall–Kier alpha value is -2.60. The molecule has 1 saturated heterocycles. The fourth-order valence-electron chi connectivity index (χ4n) is 3.17. The number of aryl methyl sites for hydroxylation is 1. The Labute approximate surface area is 172 Å². The van der Waals surface area contributed by atoms with E-state index in [9.17, 15) is 4.79 Å². The van der Waals surface area contributed by atoms with Crippen molar-refractivity contribution in [2.45, 2.75) is 51.7 Å². The van der Waals surface area contributed by atoms with Crippen molar-refractivity contribution in [2.24, 2.45) is 0 Å². The molecule has 0 unspecified atom stereocenters. The SMILES string of the molecule is CC(C)(C)OC(=O)N1CC[C@H]1COc1cncc(-c2ccc(CCCO)cc2)c1. The van der Waals surface area contributed by atoms with Crippen LogP contribution in [0.4, 0.5) is 4.79 Å². The van der Waals surface area contributed by atoms with Crippen LogP contribution in [0.2, 0.25) is 0 Å². The molecule has 29 heavy (non-hydrogen) atoms. The number of carbonyl (C=O) groups is 1. The van der Waals surface area contributed by atoms with E-state index in [1.807, 2.05) is 33.0 Å². The zero-order valence-electron chi connectivity index (χ0n) is 17.4. The Bertz CT molecular complexity index is 814. The minimum absolute atomic E-state index is 0.0271. The molecule has 0 radical (unpaired) electrons. The highest BCUT2D eigenvalue weighted by molar-refractivity contribution is 5.69. The number of benzene rings is 1. The van der Waals surface area contributed by atoms with Crippen molar-refractivity contribution in [1.29, 1.82) is 0 Å². The first kappa shape index (κ1) is 21.1. The fourth-order valence-corrected chi connectivity index (χ4v) is 3.17. The number of hydrogen-bond acceptors (Lipinski definition) is 5. The van der Waals surface area contributed by atoms with Gasteiger partial charge in [0.05, 0.1) is 12.2 Å². The van der Waals surface area contributed by atoms with Gasteiger partial charge >= 0.3 is 6.09 Å². The molecule has 6 heteroatoms. The number of nitrogens with zero attached hydrogens (tertiary/aromatic N) is 2. The van der Waals surface area contributed by atoms with Crippen LogP contribution in [0.5, 0.6) is 5.75 Å². The Morgan fingerprint density at radius 1 is 1.21 bits per heavy atom. The van der Waals surface area contributed by atoms with E-state index in [2.05, 4.69) is 29.2 Å². The van der Waals surface area contributed by atoms with Crippen LogP contribution in [0.3, 0.4) is 0 Å². The van der Waals surface area contributed by atoms with Crippen LogP contribution in [-0.2, 0) is 11.2 Å². The standard InChI is InChI=1S/C23H30N2O4/c1-23(2,3)29-22(27)25-11-10-20(25)16-28-21-13-19(14-24-15-21)18-8-6-17(7-9-18)5-4-12-26/h6-9,13-15,20,26H,4-5,10-12,16H2,1-3H3/t20-/m0/s1. The molecule has 1 aliphatic heterocycles. The number of aliphatic hydroxyl groups excluding tert-OH is 1. The van der Waals surface area contributed by atoms with Gasteiger partial charge in [0.2, 0.25) is 0 Å². The lowest BCUT2D eigenvalue weighted by Gasteiger charge is -2.40. The van der Waals surface area contributed by atoms with Gasteiger partial charge in [0, 0.05) is 24.9 Å². The fraction of sp³-hybridized carbons (Fsp3) is 0.478. The van der Waals surface area contributed by atoms with Crippen molar-refractivity contribution in [3.8, 4) is 16.9 Å². The maximum atomic E-state index is 12.2. The van der Waals surface area contributed by atoms with Gasteiger partial charge in [0.25, 0.3) is 0 Å². The second-order valence-corrected chi connectivity index (χ2v) is 8.36. The second-order valence-electron chi connectivity index (χ2n) is 8.36. The third-order valence-electron chi connectivity index (χ3n) is 4.84. The van der Waals surface area contributed by atoms with Crippen LogP contribution < -0.4 is 4.74 Å². The van der Waals surface area contributed by atoms with Gasteiger partial charge in [0.15, 0.2) is 0 Å². The van der Waals surface area contributed by atoms with Crippen LogP contribution >= 0.6 is 0 Å². The highest BCUT2D eigenvalue weighted by Gasteiger charge is 2.35. The monoisotopic (exact) mass is 398 g/mol. The van der Waals surface area contributed by atoms with Crippen molar-refractivity contribution < 1.29 is 19.4 Å². The first-order valence-corrected chi connectivity index (χ1v) is 10.1. The molecule has 1 aromatic heterocycles. The normalized spacial score (nSPS) is 16.3. The zero-order valence-corrected chi connectivity index (χ0v) is 17.4. The summed E-state index contributed by atoms with van der Waals surface area (Å²) in [6, 6.07) is 10.3. The lowest BCUT2D eigenvalue weighted by atomic mass is 10.0. The van der Waals surface area contributed by atoms with Crippen molar-refractivity contribution in [3.05, 3.63) is 48.3 Å². The quantitative estimate of drug-likeness (QED) is 0.761. The minimum Gasteiger partial charge on any atom is -0.490 e. The predicted octanol–water partition coefficient (Wildman–Crippen LogP) is 4.06. The third-order valence-corrected chi connectivity index (χ3v) is 4.84. The van der Waals surface area contributed by atoms with Gasteiger partial charge in [-0.25, -0.2) is 4.79 Å². The van der Waals surface area contributed by atoms with Crippen LogP contribution in [0.1, 0.15) is 39.2 Å². The predicted molar refractivity (Wildman–Crippen MR) is 112 cm³/mol. The van der Waals surface area contributed by atoms with E-state index in [1.165, 1.54) is 5.56 Å². The Morgan fingerprint density at radius 3 is 2.59 bits per heavy atom. The molecule has 0 spiro atoms. The number of aromatic nitrogens is 1. The summed E-state index contributed by atoms with van der Waals surface area (Å²) >= 11 is 0. The molecule has 2 heterocycles. The molecule has 156 valence electrons. The van der Waals surface area contributed by atoms with Gasteiger partial charge in [-0.1, -0.05) is 24.3 Å². The van der Waals surface area contributed by atoms with Crippen LogP contribution in [0, 0.1) is 0 Å². The number of likely N-dealkylation sites (tertiary alicyclic amines) is 1. The maximum absolute atomic E-state index is 12.2. The van der Waals surface area contributed by atoms with Gasteiger partial charge in [-0.05, 0) is 57.2 Å². The van der Waals surface area contributed by atoms with Crippen molar-refractivity contribution in [2.75, 3.05) is 19.8 Å². The molecule has 1 fully saturated rings. The van der Waals surface area contributed by atoms with E-state index < -0.39 is 5.60 Å². The number of amides is 1. The molecule has 1 aromatic carbocycles. The molecule has 1 atom stereocenters. The van der Waals surface area contributed by atoms with Gasteiger partial charge in [-0.2, -0.15) is 0 Å². The number of hydrogen-bond donors (Lipinski definition) is 1. The van der Waals surface area contributed by atoms with Gasteiger partial charge < -0.3 is 19.5 Å². The Balaban J connectivity index is 1.57. The zero-order chi connectivity index (χ0) is 20.9. The van der Waals surface area contributed by atoms with Gasteiger partial charge in [-0.15, -0.1) is 0 Å². The average molecular weight is 399 g/mol. The first-order valence-electron chi connectivity index (χ1n) is 10.1. The lowest BCUT2D eigenvalue weighted by Crippen LogP contribution is -2.55. The Kier molecular flexibility index (Phi) is 6.75. The third kappa shape index (κ3) is 5.94. The van der Waals surface area contributed by atoms with Crippen LogP contribution in [0.15, 0.2) is 42.7 Å². The molecule has 0 saturated carbocycles. The van der Waals surface area contributed by atoms with Crippen molar-refractivity contribution in [3.63, 3.8) is 0 Å². The smallest absolute Gasteiger partial charge is 0.410 e. The minimum atomic E-state index is -0.496. The molecule has 1 amide bonds. The van der Waals surface area contributed by atoms with Crippen LogP contribution in [0.25, 0.3) is 11.1 Å². The topological polar surface area (TPSA) is 71.9 Å². The van der Waals surface area contributed by atoms with Crippen molar-refractivity contribution in [1.82, 2.24) is 9.88 Å². The van der Waals surface area contributed by atoms with E-state index >= 15 is 0 Å². The lowest BCUT2D eigenvalue weighted by molar-refractivity contribution is -0.0141. The van der Waals surface area contributed by atoms with E-state index in [0.717, 1.165) is 30.4 Å². The van der Waals surface area contributed by atoms with Crippen molar-refractivity contribution >= 4 is 6.09 Å². The molecular weight excluding hydrogens is 368 g/mol. The van der Waals surface area contributed by atoms with E-state index in [4.69, 9.17) is 14.6 Å². The summed E-state index contributed by atoms with van der Waals surface area (Å²) in [5.74, 6) is 0.683. The summed E-state index contributed by atoms with van der Waals surface area (Å²) in [6.07, 6.45) is 5.76. The molecule has 0 aliphatic carbocycles. The number of aliphatic hydroxyl groups is 1. The summed E-state index contributed by atoms with van der Waals surface area (Å²) in [6.45, 7) is 6.93. The average Bonchev–Trinajstić information content (AvgIpc) is 2.65. The Morgan fingerprint density at radius 2 is 1.97 bits per heavy atom. The summed E-state index contributed by atoms with van der Waals surface area (Å²) in [5, 5.41) is 8.95. The van der Waals surface area contributed by atoms with E-state index in [0.29, 0.717) is 18.9 Å². The highest BCUT2D eigenvalue weighted by atomic mass is 16.6. The molecule has 3 rings (SSSR count). The van der Waals surface area contributed by atoms with Gasteiger partial charge in [-0.3, -0.25) is 4.98 Å². The molecule has 1 aliphatic rings. The summed E-state index contributed by atoms with van der Waals surface area (Å²) in [5.41, 5.74) is 2.75. The number of ether oxygens (including phenoxy) is 2. The maximum Gasteiger partial charge on any atom is 0.410 e. The largest absolute Gasteiger partial charge is 0.490 e. The molecule has 6 nitrogen and oxygen atoms in total. The van der Waals surface area contributed by atoms with E-state index in [-0.39, 0.29) is 18.7 Å².